The maximum atomic E-state index is 12.6. The van der Waals surface area contributed by atoms with Crippen molar-refractivity contribution in [3.63, 3.8) is 0 Å². The van der Waals surface area contributed by atoms with Crippen molar-refractivity contribution in [3.05, 3.63) is 87.8 Å². The van der Waals surface area contributed by atoms with E-state index in [-0.39, 0.29) is 11.3 Å². The fraction of sp³-hybridized carbons (Fsp3) is 0.190. The second-order valence-corrected chi connectivity index (χ2v) is 6.08. The van der Waals surface area contributed by atoms with E-state index in [1.165, 1.54) is 16.8 Å². The lowest BCUT2D eigenvalue weighted by atomic mass is 10.1. The molecular weight excluding hydrogens is 342 g/mol. The molecule has 0 aliphatic rings. The van der Waals surface area contributed by atoms with Gasteiger partial charge in [0.25, 0.3) is 11.5 Å². The maximum absolute atomic E-state index is 12.6. The van der Waals surface area contributed by atoms with Gasteiger partial charge in [0, 0.05) is 6.07 Å². The average Bonchev–Trinajstić information content (AvgIpc) is 2.67. The van der Waals surface area contributed by atoms with Gasteiger partial charge in [0.05, 0.1) is 18.8 Å². The van der Waals surface area contributed by atoms with Gasteiger partial charge in [0.1, 0.15) is 11.4 Å². The second kappa shape index (κ2) is 8.31. The van der Waals surface area contributed by atoms with Gasteiger partial charge in [-0.15, -0.1) is 0 Å². The molecule has 0 aliphatic carbocycles. The third-order valence-electron chi connectivity index (χ3n) is 3.99. The van der Waals surface area contributed by atoms with Crippen LogP contribution < -0.4 is 15.6 Å². The molecule has 0 saturated carbocycles. The molecule has 0 saturated heterocycles. The van der Waals surface area contributed by atoms with Crippen LogP contribution in [-0.2, 0) is 6.54 Å². The first kappa shape index (κ1) is 18.4. The number of carbonyl (C=O) groups excluding carboxylic acids is 1. The Hall–Kier alpha value is -3.41. The molecule has 0 unspecified atom stereocenters. The van der Waals surface area contributed by atoms with E-state index < -0.39 is 5.91 Å². The van der Waals surface area contributed by atoms with Crippen LogP contribution in [0.3, 0.4) is 0 Å². The van der Waals surface area contributed by atoms with Gasteiger partial charge in [-0.2, -0.15) is 5.10 Å². The Bertz CT molecular complexity index is 994. The Balaban J connectivity index is 1.82. The molecule has 3 aromatic rings. The summed E-state index contributed by atoms with van der Waals surface area (Å²) in [6, 6.07) is 17.8. The molecule has 6 nitrogen and oxygen atoms in total. The first-order chi connectivity index (χ1) is 13.1. The van der Waals surface area contributed by atoms with Gasteiger partial charge in [-0.3, -0.25) is 9.59 Å². The van der Waals surface area contributed by atoms with Gasteiger partial charge in [-0.1, -0.05) is 42.0 Å². The summed E-state index contributed by atoms with van der Waals surface area (Å²) in [5.41, 5.74) is 2.53. The minimum atomic E-state index is -0.403. The smallest absolute Gasteiger partial charge is 0.276 e. The van der Waals surface area contributed by atoms with Crippen molar-refractivity contribution in [2.24, 2.45) is 0 Å². The summed E-state index contributed by atoms with van der Waals surface area (Å²) in [5.74, 6) is 0.182. The summed E-state index contributed by atoms with van der Waals surface area (Å²) >= 11 is 0. The van der Waals surface area contributed by atoms with Crippen LogP contribution >= 0.6 is 0 Å². The Morgan fingerprint density at radius 3 is 2.56 bits per heavy atom. The summed E-state index contributed by atoms with van der Waals surface area (Å²) in [7, 11) is 0. The van der Waals surface area contributed by atoms with E-state index in [0.29, 0.717) is 24.6 Å². The van der Waals surface area contributed by atoms with Gasteiger partial charge < -0.3 is 10.1 Å². The van der Waals surface area contributed by atoms with Crippen molar-refractivity contribution in [1.82, 2.24) is 9.78 Å². The molecule has 1 heterocycles. The predicted molar refractivity (Wildman–Crippen MR) is 104 cm³/mol. The number of ether oxygens (including phenoxy) is 1. The first-order valence-electron chi connectivity index (χ1n) is 8.73. The molecule has 2 aromatic carbocycles. The van der Waals surface area contributed by atoms with E-state index >= 15 is 0 Å². The lowest BCUT2D eigenvalue weighted by Crippen LogP contribution is -2.26. The normalized spacial score (nSPS) is 10.4. The molecule has 0 aliphatic heterocycles. The lowest BCUT2D eigenvalue weighted by Gasteiger charge is -2.11. The monoisotopic (exact) mass is 363 g/mol. The van der Waals surface area contributed by atoms with Crippen LogP contribution in [0.2, 0.25) is 0 Å². The van der Waals surface area contributed by atoms with E-state index in [0.717, 1.165) is 11.1 Å². The largest absolute Gasteiger partial charge is 0.492 e. The summed E-state index contributed by atoms with van der Waals surface area (Å²) in [6.45, 7) is 4.67. The molecule has 1 aromatic heterocycles. The Kier molecular flexibility index (Phi) is 5.66. The van der Waals surface area contributed by atoms with Crippen molar-refractivity contribution in [2.75, 3.05) is 11.9 Å². The predicted octanol–water partition coefficient (Wildman–Crippen LogP) is 3.25. The molecule has 0 spiro atoms. The molecule has 0 radical (unpaired) electrons. The molecule has 0 fully saturated rings. The number of nitrogens with zero attached hydrogens (tertiary/aromatic N) is 2. The molecule has 27 heavy (non-hydrogen) atoms. The quantitative estimate of drug-likeness (QED) is 0.730. The standard InChI is InChI=1S/C21H21N3O3/c1-3-27-19-7-5-4-6-17(19)22-21(26)18-12-13-20(25)24(23-18)14-16-10-8-15(2)9-11-16/h4-13H,3,14H2,1-2H3,(H,22,26). The fourth-order valence-electron chi connectivity index (χ4n) is 2.59. The van der Waals surface area contributed by atoms with Crippen molar-refractivity contribution in [2.45, 2.75) is 20.4 Å². The van der Waals surface area contributed by atoms with Crippen LogP contribution in [0.5, 0.6) is 5.75 Å². The van der Waals surface area contributed by atoms with E-state index in [2.05, 4.69) is 10.4 Å². The third-order valence-corrected chi connectivity index (χ3v) is 3.99. The number of amides is 1. The molecular formula is C21H21N3O3. The highest BCUT2D eigenvalue weighted by Crippen LogP contribution is 2.24. The van der Waals surface area contributed by atoms with Crippen molar-refractivity contribution < 1.29 is 9.53 Å². The van der Waals surface area contributed by atoms with Crippen LogP contribution in [0.1, 0.15) is 28.5 Å². The van der Waals surface area contributed by atoms with Crippen molar-refractivity contribution in [1.29, 1.82) is 0 Å². The first-order valence-corrected chi connectivity index (χ1v) is 8.73. The van der Waals surface area contributed by atoms with Gasteiger partial charge >= 0.3 is 0 Å². The third kappa shape index (κ3) is 4.61. The number of para-hydroxylation sites is 2. The number of hydrogen-bond acceptors (Lipinski definition) is 4. The minimum Gasteiger partial charge on any atom is -0.492 e. The number of carbonyl (C=O) groups is 1. The van der Waals surface area contributed by atoms with Crippen LogP contribution in [0, 0.1) is 6.92 Å². The van der Waals surface area contributed by atoms with Gasteiger partial charge in [-0.25, -0.2) is 4.68 Å². The number of aryl methyl sites for hydroxylation is 1. The fourth-order valence-corrected chi connectivity index (χ4v) is 2.59. The number of hydrogen-bond donors (Lipinski definition) is 1. The van der Waals surface area contributed by atoms with E-state index in [1.807, 2.05) is 50.2 Å². The minimum absolute atomic E-state index is 0.160. The van der Waals surface area contributed by atoms with E-state index in [1.54, 1.807) is 12.1 Å². The van der Waals surface area contributed by atoms with Gasteiger partial charge in [0.15, 0.2) is 0 Å². The van der Waals surface area contributed by atoms with Crippen LogP contribution in [0.15, 0.2) is 65.5 Å². The highest BCUT2D eigenvalue weighted by atomic mass is 16.5. The summed E-state index contributed by atoms with van der Waals surface area (Å²) < 4.78 is 6.80. The average molecular weight is 363 g/mol. The summed E-state index contributed by atoms with van der Waals surface area (Å²) in [4.78, 5) is 24.7. The van der Waals surface area contributed by atoms with Crippen LogP contribution in [0.25, 0.3) is 0 Å². The van der Waals surface area contributed by atoms with E-state index in [4.69, 9.17) is 4.74 Å². The summed E-state index contributed by atoms with van der Waals surface area (Å²) in [6.07, 6.45) is 0. The van der Waals surface area contributed by atoms with Crippen LogP contribution in [0.4, 0.5) is 5.69 Å². The SMILES string of the molecule is CCOc1ccccc1NC(=O)c1ccc(=O)n(Cc2ccc(C)cc2)n1. The zero-order valence-electron chi connectivity index (χ0n) is 15.3. The molecule has 3 rings (SSSR count). The Morgan fingerprint density at radius 2 is 1.81 bits per heavy atom. The lowest BCUT2D eigenvalue weighted by molar-refractivity contribution is 0.101. The van der Waals surface area contributed by atoms with Gasteiger partial charge in [0.2, 0.25) is 0 Å². The highest BCUT2D eigenvalue weighted by molar-refractivity contribution is 6.03. The van der Waals surface area contributed by atoms with Crippen molar-refractivity contribution in [3.8, 4) is 5.75 Å². The Morgan fingerprint density at radius 1 is 1.07 bits per heavy atom. The Labute approximate surface area is 157 Å². The number of nitrogens with one attached hydrogen (secondary N) is 1. The molecule has 138 valence electrons. The maximum Gasteiger partial charge on any atom is 0.276 e. The number of anilines is 1. The van der Waals surface area contributed by atoms with E-state index in [9.17, 15) is 9.59 Å². The van der Waals surface area contributed by atoms with Crippen LogP contribution in [-0.4, -0.2) is 22.3 Å². The summed E-state index contributed by atoms with van der Waals surface area (Å²) in [5, 5.41) is 7.00. The molecule has 6 heteroatoms. The molecule has 0 bridgehead atoms. The molecule has 1 amide bonds. The zero-order chi connectivity index (χ0) is 19.2. The van der Waals surface area contributed by atoms with Gasteiger partial charge in [-0.05, 0) is 37.6 Å². The number of benzene rings is 2. The zero-order valence-corrected chi connectivity index (χ0v) is 15.3. The van der Waals surface area contributed by atoms with Crippen molar-refractivity contribution >= 4 is 11.6 Å². The highest BCUT2D eigenvalue weighted by Gasteiger charge is 2.13. The number of aromatic nitrogens is 2. The molecule has 1 N–H and O–H groups in total. The molecule has 0 atom stereocenters. The number of rotatable bonds is 6. The topological polar surface area (TPSA) is 73.2 Å². The second-order valence-electron chi connectivity index (χ2n) is 6.08.